The molecular formula is C17H19F3N5O5P. The maximum absolute atomic E-state index is 13.6. The summed E-state index contributed by atoms with van der Waals surface area (Å²) in [6.07, 6.45) is -5.11. The molecule has 3 rings (SSSR count). The number of anilines is 1. The van der Waals surface area contributed by atoms with Gasteiger partial charge in [-0.25, -0.2) is 4.98 Å². The number of halogens is 3. The Morgan fingerprint density at radius 3 is 2.58 bits per heavy atom. The highest BCUT2D eigenvalue weighted by Gasteiger charge is 2.38. The number of nitrogens with zero attached hydrogens (tertiary/aromatic N) is 4. The molecule has 10 nitrogen and oxygen atoms in total. The van der Waals surface area contributed by atoms with Gasteiger partial charge in [-0.3, -0.25) is 4.57 Å². The van der Waals surface area contributed by atoms with Gasteiger partial charge in [-0.1, -0.05) is 24.3 Å². The van der Waals surface area contributed by atoms with Crippen LogP contribution in [0.25, 0.3) is 11.2 Å². The van der Waals surface area contributed by atoms with Crippen molar-refractivity contribution in [2.75, 3.05) is 26.1 Å². The molecule has 0 aliphatic heterocycles. The number of alkyl halides is 3. The molecule has 0 radical (unpaired) electrons. The highest BCUT2D eigenvalue weighted by Crippen LogP contribution is 2.44. The van der Waals surface area contributed by atoms with Crippen LogP contribution in [-0.4, -0.2) is 49.8 Å². The van der Waals surface area contributed by atoms with Crippen molar-refractivity contribution in [2.24, 2.45) is 0 Å². The predicted octanol–water partition coefficient (Wildman–Crippen LogP) is 2.18. The number of nitrogen functional groups attached to an aromatic ring is 1. The van der Waals surface area contributed by atoms with E-state index in [-0.39, 0.29) is 48.9 Å². The van der Waals surface area contributed by atoms with Crippen LogP contribution in [0.15, 0.2) is 24.3 Å². The van der Waals surface area contributed by atoms with Crippen LogP contribution in [-0.2, 0) is 28.0 Å². The van der Waals surface area contributed by atoms with Gasteiger partial charge in [0, 0.05) is 7.11 Å². The van der Waals surface area contributed by atoms with E-state index < -0.39 is 19.6 Å². The molecule has 0 spiro atoms. The average Bonchev–Trinajstić information content (AvgIpc) is 3.06. The maximum Gasteiger partial charge on any atom is 0.449 e. The number of aromatic nitrogens is 4. The monoisotopic (exact) mass is 461 g/mol. The van der Waals surface area contributed by atoms with Crippen molar-refractivity contribution in [3.05, 3.63) is 41.2 Å². The summed E-state index contributed by atoms with van der Waals surface area (Å²) in [4.78, 5) is 21.0. The lowest BCUT2D eigenvalue weighted by molar-refractivity contribution is -0.146. The second-order valence-electron chi connectivity index (χ2n) is 6.45. The summed E-state index contributed by atoms with van der Waals surface area (Å²) in [5.41, 5.74) is 6.09. The number of hydrogen-bond acceptors (Lipinski definition) is 8. The van der Waals surface area contributed by atoms with Crippen molar-refractivity contribution in [1.29, 1.82) is 0 Å². The van der Waals surface area contributed by atoms with Crippen molar-refractivity contribution >= 4 is 24.6 Å². The summed E-state index contributed by atoms with van der Waals surface area (Å²) in [7, 11) is -2.76. The third-order valence-electron chi connectivity index (χ3n) is 4.18. The first-order valence-electron chi connectivity index (χ1n) is 8.84. The van der Waals surface area contributed by atoms with Crippen molar-refractivity contribution in [3.8, 4) is 6.01 Å². The minimum absolute atomic E-state index is 0.173. The summed E-state index contributed by atoms with van der Waals surface area (Å²) < 4.78 is 63.2. The largest absolute Gasteiger partial charge is 0.461 e. The quantitative estimate of drug-likeness (QED) is 0.430. The van der Waals surface area contributed by atoms with E-state index >= 15 is 0 Å². The zero-order valence-electron chi connectivity index (χ0n) is 16.2. The van der Waals surface area contributed by atoms with Gasteiger partial charge in [0.05, 0.1) is 19.3 Å². The minimum atomic E-state index is -4.81. The molecule has 3 aromatic rings. The van der Waals surface area contributed by atoms with Crippen molar-refractivity contribution < 1.29 is 37.0 Å². The van der Waals surface area contributed by atoms with Gasteiger partial charge in [0.2, 0.25) is 5.82 Å². The van der Waals surface area contributed by atoms with Gasteiger partial charge in [0.25, 0.3) is 0 Å². The molecule has 31 heavy (non-hydrogen) atoms. The Kier molecular flexibility index (Phi) is 6.51. The van der Waals surface area contributed by atoms with Gasteiger partial charge in [0.15, 0.2) is 17.0 Å². The molecule has 168 valence electrons. The molecule has 0 aliphatic carbocycles. The number of ether oxygens (including phenoxy) is 1. The number of hydrogen-bond donors (Lipinski definition) is 3. The van der Waals surface area contributed by atoms with Crippen LogP contribution >= 0.6 is 7.60 Å². The molecule has 1 atom stereocenters. The van der Waals surface area contributed by atoms with Crippen LogP contribution in [0.1, 0.15) is 17.0 Å². The van der Waals surface area contributed by atoms with E-state index in [0.717, 1.165) is 11.7 Å². The standard InChI is InChI=1S/C17H19F3N5O5P/c1-29-31(27,28)9-11-4-2-3-10(7-11)8-25-14-12(22-15(25)17(18,19)20)13(21)23-16(24-14)30-6-5-26/h2-4,7,26H,5-6,8-9H2,1H3,(H,27,28)(H2,21,23,24). The lowest BCUT2D eigenvalue weighted by atomic mass is 10.1. The number of benzene rings is 1. The van der Waals surface area contributed by atoms with Crippen LogP contribution in [0.5, 0.6) is 6.01 Å². The van der Waals surface area contributed by atoms with E-state index in [2.05, 4.69) is 19.5 Å². The molecule has 0 fully saturated rings. The first-order chi connectivity index (χ1) is 14.5. The Bertz CT molecular complexity index is 1140. The fourth-order valence-electron chi connectivity index (χ4n) is 2.87. The van der Waals surface area contributed by atoms with Crippen LogP contribution in [0.3, 0.4) is 0 Å². The molecule has 2 heterocycles. The van der Waals surface area contributed by atoms with E-state index in [1.807, 2.05) is 0 Å². The topological polar surface area (TPSA) is 146 Å². The van der Waals surface area contributed by atoms with Gasteiger partial charge in [-0.2, -0.15) is 23.1 Å². The van der Waals surface area contributed by atoms with Crippen molar-refractivity contribution in [3.63, 3.8) is 0 Å². The van der Waals surface area contributed by atoms with Crippen molar-refractivity contribution in [2.45, 2.75) is 18.9 Å². The molecular weight excluding hydrogens is 442 g/mol. The van der Waals surface area contributed by atoms with Crippen LogP contribution in [0.4, 0.5) is 19.0 Å². The molecule has 2 aromatic heterocycles. The summed E-state index contributed by atoms with van der Waals surface area (Å²) in [5, 5.41) is 8.87. The lowest BCUT2D eigenvalue weighted by Gasteiger charge is -2.13. The van der Waals surface area contributed by atoms with Gasteiger partial charge in [-0.15, -0.1) is 0 Å². The van der Waals surface area contributed by atoms with E-state index in [1.165, 1.54) is 6.07 Å². The number of imidazole rings is 1. The number of fused-ring (bicyclic) bond motifs is 1. The van der Waals surface area contributed by atoms with E-state index in [0.29, 0.717) is 11.1 Å². The highest BCUT2D eigenvalue weighted by atomic mass is 31.2. The van der Waals surface area contributed by atoms with Gasteiger partial charge < -0.3 is 29.6 Å². The molecule has 14 heteroatoms. The number of rotatable bonds is 8. The van der Waals surface area contributed by atoms with Gasteiger partial charge in [0.1, 0.15) is 6.61 Å². The Morgan fingerprint density at radius 2 is 1.94 bits per heavy atom. The van der Waals surface area contributed by atoms with Crippen LogP contribution in [0.2, 0.25) is 0 Å². The van der Waals surface area contributed by atoms with Crippen molar-refractivity contribution in [1.82, 2.24) is 19.5 Å². The fourth-order valence-corrected chi connectivity index (χ4v) is 3.66. The molecule has 0 bridgehead atoms. The van der Waals surface area contributed by atoms with E-state index in [9.17, 15) is 22.6 Å². The summed E-state index contributed by atoms with van der Waals surface area (Å²) >= 11 is 0. The number of aliphatic hydroxyl groups is 1. The zero-order chi connectivity index (χ0) is 22.8. The van der Waals surface area contributed by atoms with E-state index in [4.69, 9.17) is 15.6 Å². The lowest BCUT2D eigenvalue weighted by Crippen LogP contribution is -2.16. The smallest absolute Gasteiger partial charge is 0.449 e. The van der Waals surface area contributed by atoms with Crippen LogP contribution in [0, 0.1) is 0 Å². The molecule has 1 aromatic carbocycles. The summed E-state index contributed by atoms with van der Waals surface area (Å²) in [5.74, 6) is -1.55. The van der Waals surface area contributed by atoms with Crippen LogP contribution < -0.4 is 10.5 Å². The first-order valence-corrected chi connectivity index (χ1v) is 10.6. The molecule has 4 N–H and O–H groups in total. The Morgan fingerprint density at radius 1 is 1.23 bits per heavy atom. The first kappa shape index (κ1) is 22.9. The Hall–Kier alpha value is -2.73. The third-order valence-corrected chi connectivity index (χ3v) is 5.51. The second-order valence-corrected chi connectivity index (χ2v) is 8.41. The Labute approximate surface area is 174 Å². The predicted molar refractivity (Wildman–Crippen MR) is 103 cm³/mol. The summed E-state index contributed by atoms with van der Waals surface area (Å²) in [6.45, 7) is -0.830. The third kappa shape index (κ3) is 5.31. The SMILES string of the molecule is COP(=O)(O)Cc1cccc(Cn2c(C(F)(F)F)nc3c(N)nc(OCCO)nc32)c1. The number of nitrogens with two attached hydrogens (primary N) is 1. The Balaban J connectivity index is 2.08. The average molecular weight is 461 g/mol. The number of aliphatic hydroxyl groups excluding tert-OH is 1. The summed E-state index contributed by atoms with van der Waals surface area (Å²) in [6, 6.07) is 5.85. The maximum atomic E-state index is 13.6. The van der Waals surface area contributed by atoms with Gasteiger partial charge in [-0.05, 0) is 11.1 Å². The van der Waals surface area contributed by atoms with E-state index in [1.54, 1.807) is 18.2 Å². The molecule has 0 saturated carbocycles. The molecule has 1 unspecified atom stereocenters. The zero-order valence-corrected chi connectivity index (χ0v) is 17.1. The fraction of sp³-hybridized carbons (Fsp3) is 0.353. The minimum Gasteiger partial charge on any atom is -0.461 e. The molecule has 0 aliphatic rings. The normalized spacial score (nSPS) is 14.0. The highest BCUT2D eigenvalue weighted by molar-refractivity contribution is 7.51. The molecule has 0 amide bonds. The molecule has 0 saturated heterocycles. The van der Waals surface area contributed by atoms with Gasteiger partial charge >= 0.3 is 19.8 Å². The second kappa shape index (κ2) is 8.79.